The molecule has 0 unspecified atom stereocenters. The lowest BCUT2D eigenvalue weighted by Crippen LogP contribution is -2.49. The van der Waals surface area contributed by atoms with E-state index in [-0.39, 0.29) is 11.7 Å². The van der Waals surface area contributed by atoms with Crippen LogP contribution in [0.4, 0.5) is 0 Å². The molecule has 6 heteroatoms. The highest BCUT2D eigenvalue weighted by atomic mass is 16.3. The Balaban J connectivity index is 1.22. The third-order valence-electron chi connectivity index (χ3n) is 7.67. The van der Waals surface area contributed by atoms with Crippen LogP contribution in [-0.4, -0.2) is 83.6 Å². The normalized spacial score (nSPS) is 18.4. The minimum atomic E-state index is 0.0988. The largest absolute Gasteiger partial charge is 0.506 e. The minimum absolute atomic E-state index is 0.0988. The van der Waals surface area contributed by atoms with Crippen LogP contribution in [0.2, 0.25) is 0 Å². The summed E-state index contributed by atoms with van der Waals surface area (Å²) >= 11 is 0. The highest BCUT2D eigenvalue weighted by molar-refractivity contribution is 5.96. The number of likely N-dealkylation sites (tertiary alicyclic amines) is 2. The fourth-order valence-electron chi connectivity index (χ4n) is 5.81. The number of phenols is 1. The number of benzene rings is 2. The van der Waals surface area contributed by atoms with Crippen molar-refractivity contribution in [2.75, 3.05) is 46.8 Å². The van der Waals surface area contributed by atoms with Crippen molar-refractivity contribution in [1.82, 2.24) is 19.7 Å². The molecule has 5 rings (SSSR count). The van der Waals surface area contributed by atoms with Gasteiger partial charge in [-0.25, -0.2) is 0 Å². The first-order chi connectivity index (χ1) is 17.0. The SMILES string of the molecule is CN(C)CC1CCN(C2CCN(C(=O)c3cccc(-c4cc(O)c5ncccc5c4)c3)CC2)CC1. The van der Waals surface area contributed by atoms with Gasteiger partial charge in [0.1, 0.15) is 11.3 Å². The lowest BCUT2D eigenvalue weighted by atomic mass is 9.93. The van der Waals surface area contributed by atoms with Crippen molar-refractivity contribution in [1.29, 1.82) is 0 Å². The number of carbonyl (C=O) groups is 1. The van der Waals surface area contributed by atoms with E-state index in [9.17, 15) is 9.90 Å². The molecular weight excluding hydrogens is 436 g/mol. The Morgan fingerprint density at radius 2 is 1.74 bits per heavy atom. The number of aromatic hydroxyl groups is 1. The number of carbonyl (C=O) groups excluding carboxylic acids is 1. The van der Waals surface area contributed by atoms with E-state index in [1.165, 1.54) is 32.5 Å². The zero-order chi connectivity index (χ0) is 24.4. The van der Waals surface area contributed by atoms with Crippen molar-refractivity contribution in [3.8, 4) is 16.9 Å². The van der Waals surface area contributed by atoms with Crippen molar-refractivity contribution in [2.24, 2.45) is 5.92 Å². The second kappa shape index (κ2) is 10.3. The summed E-state index contributed by atoms with van der Waals surface area (Å²) in [4.78, 5) is 24.6. The molecule has 0 spiro atoms. The fourth-order valence-corrected chi connectivity index (χ4v) is 5.81. The number of fused-ring (bicyclic) bond motifs is 1. The quantitative estimate of drug-likeness (QED) is 0.593. The van der Waals surface area contributed by atoms with Crippen LogP contribution in [0.3, 0.4) is 0 Å². The number of aromatic nitrogens is 1. The molecule has 2 saturated heterocycles. The molecule has 0 radical (unpaired) electrons. The summed E-state index contributed by atoms with van der Waals surface area (Å²) in [5.74, 6) is 1.07. The summed E-state index contributed by atoms with van der Waals surface area (Å²) < 4.78 is 0. The van der Waals surface area contributed by atoms with Crippen LogP contribution < -0.4 is 0 Å². The number of phenolic OH excluding ortho intramolecular Hbond substituents is 1. The lowest BCUT2D eigenvalue weighted by molar-refractivity contribution is 0.0537. The van der Waals surface area contributed by atoms with E-state index in [1.54, 1.807) is 12.3 Å². The van der Waals surface area contributed by atoms with E-state index in [2.05, 4.69) is 28.9 Å². The van der Waals surface area contributed by atoms with Crippen molar-refractivity contribution in [2.45, 2.75) is 31.7 Å². The van der Waals surface area contributed by atoms with Crippen molar-refractivity contribution >= 4 is 16.8 Å². The average molecular weight is 473 g/mol. The third kappa shape index (κ3) is 5.34. The second-order valence-corrected chi connectivity index (χ2v) is 10.4. The molecule has 35 heavy (non-hydrogen) atoms. The molecule has 2 fully saturated rings. The molecule has 2 aliphatic heterocycles. The van der Waals surface area contributed by atoms with E-state index >= 15 is 0 Å². The fraction of sp³-hybridized carbons (Fsp3) is 0.448. The number of rotatable bonds is 5. The Bertz CT molecular complexity index is 1180. The number of hydrogen-bond acceptors (Lipinski definition) is 5. The summed E-state index contributed by atoms with van der Waals surface area (Å²) in [6.45, 7) is 5.19. The molecule has 184 valence electrons. The molecule has 1 N–H and O–H groups in total. The van der Waals surface area contributed by atoms with Crippen LogP contribution in [0, 0.1) is 5.92 Å². The number of amides is 1. The molecule has 3 aromatic rings. The van der Waals surface area contributed by atoms with Crippen LogP contribution in [0.1, 0.15) is 36.0 Å². The van der Waals surface area contributed by atoms with Gasteiger partial charge in [-0.15, -0.1) is 0 Å². The standard InChI is InChI=1S/C29H36N4O2/c1-31(2)20-21-8-13-32(14-9-21)26-10-15-33(16-11-26)29(35)24-6-3-5-22(17-24)25-18-23-7-4-12-30-28(23)27(34)19-25/h3-7,12,17-19,21,26,34H,8-11,13-16,20H2,1-2H3. The molecule has 1 amide bonds. The number of pyridine rings is 1. The number of hydrogen-bond donors (Lipinski definition) is 1. The summed E-state index contributed by atoms with van der Waals surface area (Å²) in [7, 11) is 4.33. The monoisotopic (exact) mass is 472 g/mol. The van der Waals surface area contributed by atoms with Gasteiger partial charge in [0.2, 0.25) is 0 Å². The topological polar surface area (TPSA) is 59.9 Å². The molecular formula is C29H36N4O2. The Morgan fingerprint density at radius 1 is 0.971 bits per heavy atom. The van der Waals surface area contributed by atoms with Gasteiger partial charge in [-0.1, -0.05) is 18.2 Å². The van der Waals surface area contributed by atoms with E-state index < -0.39 is 0 Å². The average Bonchev–Trinajstić information content (AvgIpc) is 2.88. The van der Waals surface area contributed by atoms with Gasteiger partial charge in [0.25, 0.3) is 5.91 Å². The summed E-state index contributed by atoms with van der Waals surface area (Å²) in [5.41, 5.74) is 3.10. The molecule has 2 aromatic carbocycles. The van der Waals surface area contributed by atoms with Gasteiger partial charge < -0.3 is 19.8 Å². The minimum Gasteiger partial charge on any atom is -0.506 e. The van der Waals surface area contributed by atoms with Gasteiger partial charge in [-0.3, -0.25) is 9.78 Å². The van der Waals surface area contributed by atoms with Gasteiger partial charge >= 0.3 is 0 Å². The smallest absolute Gasteiger partial charge is 0.253 e. The summed E-state index contributed by atoms with van der Waals surface area (Å²) in [5, 5.41) is 11.3. The van der Waals surface area contributed by atoms with E-state index in [0.717, 1.165) is 48.4 Å². The predicted molar refractivity (Wildman–Crippen MR) is 141 cm³/mol. The van der Waals surface area contributed by atoms with Crippen molar-refractivity contribution in [3.63, 3.8) is 0 Å². The third-order valence-corrected chi connectivity index (χ3v) is 7.67. The maximum Gasteiger partial charge on any atom is 0.253 e. The summed E-state index contributed by atoms with van der Waals surface area (Å²) in [6, 6.07) is 15.9. The molecule has 0 atom stereocenters. The van der Waals surface area contributed by atoms with Crippen LogP contribution in [0.15, 0.2) is 54.7 Å². The molecule has 6 nitrogen and oxygen atoms in total. The molecule has 0 aliphatic carbocycles. The van der Waals surface area contributed by atoms with E-state index in [0.29, 0.717) is 17.1 Å². The predicted octanol–water partition coefficient (Wildman–Crippen LogP) is 4.49. The van der Waals surface area contributed by atoms with Gasteiger partial charge in [-0.2, -0.15) is 0 Å². The van der Waals surface area contributed by atoms with E-state index in [1.807, 2.05) is 47.4 Å². The Labute approximate surface area is 208 Å². The van der Waals surface area contributed by atoms with Crippen LogP contribution in [0.5, 0.6) is 5.75 Å². The van der Waals surface area contributed by atoms with Gasteiger partial charge in [0.15, 0.2) is 0 Å². The first kappa shape index (κ1) is 23.8. The zero-order valence-electron chi connectivity index (χ0n) is 20.9. The summed E-state index contributed by atoms with van der Waals surface area (Å²) in [6.07, 6.45) is 6.34. The van der Waals surface area contributed by atoms with Crippen LogP contribution in [0.25, 0.3) is 22.0 Å². The number of nitrogens with zero attached hydrogens (tertiary/aromatic N) is 4. The van der Waals surface area contributed by atoms with Crippen molar-refractivity contribution in [3.05, 3.63) is 60.3 Å². The highest BCUT2D eigenvalue weighted by Crippen LogP contribution is 2.31. The first-order valence-corrected chi connectivity index (χ1v) is 12.8. The van der Waals surface area contributed by atoms with Crippen LogP contribution >= 0.6 is 0 Å². The molecule has 0 bridgehead atoms. The Kier molecular flexibility index (Phi) is 7.02. The molecule has 3 heterocycles. The van der Waals surface area contributed by atoms with E-state index in [4.69, 9.17) is 0 Å². The van der Waals surface area contributed by atoms with Gasteiger partial charge in [-0.05, 0) is 100 Å². The molecule has 0 saturated carbocycles. The van der Waals surface area contributed by atoms with Crippen LogP contribution in [-0.2, 0) is 0 Å². The molecule has 2 aliphatic rings. The Morgan fingerprint density at radius 3 is 2.49 bits per heavy atom. The maximum absolute atomic E-state index is 13.3. The highest BCUT2D eigenvalue weighted by Gasteiger charge is 2.30. The lowest BCUT2D eigenvalue weighted by Gasteiger charge is -2.42. The zero-order valence-corrected chi connectivity index (χ0v) is 20.9. The van der Waals surface area contributed by atoms with Gasteiger partial charge in [0, 0.05) is 42.8 Å². The second-order valence-electron chi connectivity index (χ2n) is 10.4. The number of piperidine rings is 2. The van der Waals surface area contributed by atoms with Crippen molar-refractivity contribution < 1.29 is 9.90 Å². The Hall–Kier alpha value is -2.96. The first-order valence-electron chi connectivity index (χ1n) is 12.8. The maximum atomic E-state index is 13.3. The molecule has 1 aromatic heterocycles. The van der Waals surface area contributed by atoms with Gasteiger partial charge in [0.05, 0.1) is 0 Å².